The molecule has 1 aliphatic heterocycles. The van der Waals surface area contributed by atoms with Crippen LogP contribution in [0.2, 0.25) is 0 Å². The molecule has 0 aromatic heterocycles. The van der Waals surface area contributed by atoms with Gasteiger partial charge in [-0.15, -0.1) is 0 Å². The zero-order valence-corrected chi connectivity index (χ0v) is 8.38. The van der Waals surface area contributed by atoms with Gasteiger partial charge in [0.25, 0.3) is 12.4 Å². The number of carbonyl (C=O) groups excluding carboxylic acids is 3. The fourth-order valence-corrected chi connectivity index (χ4v) is 1.64. The van der Waals surface area contributed by atoms with E-state index in [2.05, 4.69) is 4.74 Å². The van der Waals surface area contributed by atoms with Crippen LogP contribution in [0.4, 0.5) is 0 Å². The van der Waals surface area contributed by atoms with Crippen molar-refractivity contribution in [3.63, 3.8) is 0 Å². The Bertz CT molecular complexity index is 455. The summed E-state index contributed by atoms with van der Waals surface area (Å²) in [5.41, 5.74) is 1.19. The van der Waals surface area contributed by atoms with Gasteiger partial charge in [0.2, 0.25) is 5.91 Å². The van der Waals surface area contributed by atoms with E-state index in [1.165, 1.54) is 0 Å². The van der Waals surface area contributed by atoms with Crippen LogP contribution in [-0.4, -0.2) is 29.9 Å². The Morgan fingerprint density at radius 1 is 1.31 bits per heavy atom. The first-order valence-corrected chi connectivity index (χ1v) is 4.72. The van der Waals surface area contributed by atoms with Crippen molar-refractivity contribution in [2.45, 2.75) is 6.42 Å². The second-order valence-corrected chi connectivity index (χ2v) is 3.35. The molecule has 16 heavy (non-hydrogen) atoms. The van der Waals surface area contributed by atoms with E-state index < -0.39 is 5.91 Å². The van der Waals surface area contributed by atoms with Crippen molar-refractivity contribution in [2.75, 3.05) is 6.73 Å². The van der Waals surface area contributed by atoms with Crippen LogP contribution in [0.15, 0.2) is 24.3 Å². The van der Waals surface area contributed by atoms with Crippen molar-refractivity contribution in [3.05, 3.63) is 35.4 Å². The van der Waals surface area contributed by atoms with Crippen molar-refractivity contribution in [1.29, 1.82) is 0 Å². The summed E-state index contributed by atoms with van der Waals surface area (Å²) >= 11 is 0. The third-order valence-corrected chi connectivity index (χ3v) is 2.41. The lowest BCUT2D eigenvalue weighted by Gasteiger charge is -2.25. The standard InChI is InChI=1S/C11H9NO4/c13-7-16-6-12-10(14)5-8-3-1-2-4-9(8)11(12)15/h1-4,7H,5-6H2. The summed E-state index contributed by atoms with van der Waals surface area (Å²) in [6, 6.07) is 6.89. The Hall–Kier alpha value is -2.17. The quantitative estimate of drug-likeness (QED) is 0.543. The third-order valence-electron chi connectivity index (χ3n) is 2.41. The number of rotatable bonds is 3. The summed E-state index contributed by atoms with van der Waals surface area (Å²) in [5.74, 6) is -0.778. The van der Waals surface area contributed by atoms with Gasteiger partial charge in [-0.3, -0.25) is 14.4 Å². The molecule has 0 atom stereocenters. The van der Waals surface area contributed by atoms with Gasteiger partial charge in [-0.25, -0.2) is 4.90 Å². The monoisotopic (exact) mass is 219 g/mol. The average molecular weight is 219 g/mol. The van der Waals surface area contributed by atoms with E-state index in [-0.39, 0.29) is 25.5 Å². The highest BCUT2D eigenvalue weighted by Crippen LogP contribution is 2.19. The molecule has 5 nitrogen and oxygen atoms in total. The molecule has 2 amide bonds. The lowest BCUT2D eigenvalue weighted by atomic mass is 9.99. The number of imide groups is 1. The Balaban J connectivity index is 2.30. The minimum atomic E-state index is -0.422. The number of nitrogens with zero attached hydrogens (tertiary/aromatic N) is 1. The molecular formula is C11H9NO4. The fraction of sp³-hybridized carbons (Fsp3) is 0.182. The minimum absolute atomic E-state index is 0.157. The Kier molecular flexibility index (Phi) is 2.68. The molecule has 1 aromatic carbocycles. The van der Waals surface area contributed by atoms with Crippen molar-refractivity contribution < 1.29 is 19.1 Å². The molecule has 0 spiro atoms. The summed E-state index contributed by atoms with van der Waals surface area (Å²) in [4.78, 5) is 34.4. The number of amides is 2. The fourth-order valence-electron chi connectivity index (χ4n) is 1.64. The summed E-state index contributed by atoms with van der Waals surface area (Å²) < 4.78 is 4.43. The molecular weight excluding hydrogens is 210 g/mol. The number of hydrogen-bond donors (Lipinski definition) is 0. The molecule has 0 fully saturated rings. The van der Waals surface area contributed by atoms with E-state index in [9.17, 15) is 14.4 Å². The zero-order valence-electron chi connectivity index (χ0n) is 8.38. The Morgan fingerprint density at radius 3 is 2.81 bits per heavy atom. The molecule has 0 N–H and O–H groups in total. The molecule has 1 heterocycles. The van der Waals surface area contributed by atoms with Crippen molar-refractivity contribution in [1.82, 2.24) is 4.90 Å². The SMILES string of the molecule is O=COCN1C(=O)Cc2ccccc2C1=O. The van der Waals surface area contributed by atoms with Gasteiger partial charge in [0.15, 0.2) is 6.73 Å². The average Bonchev–Trinajstić information content (AvgIpc) is 2.29. The van der Waals surface area contributed by atoms with Gasteiger partial charge in [0.1, 0.15) is 0 Å². The maximum absolute atomic E-state index is 11.8. The highest BCUT2D eigenvalue weighted by atomic mass is 16.5. The lowest BCUT2D eigenvalue weighted by Crippen LogP contribution is -2.43. The van der Waals surface area contributed by atoms with E-state index in [1.54, 1.807) is 24.3 Å². The van der Waals surface area contributed by atoms with E-state index in [0.717, 1.165) is 4.90 Å². The van der Waals surface area contributed by atoms with Gasteiger partial charge in [-0.05, 0) is 11.6 Å². The first-order chi connectivity index (χ1) is 7.74. The summed E-state index contributed by atoms with van der Waals surface area (Å²) in [6.07, 6.45) is 0.157. The van der Waals surface area contributed by atoms with Gasteiger partial charge in [-0.1, -0.05) is 18.2 Å². The highest BCUT2D eigenvalue weighted by molar-refractivity contribution is 6.09. The van der Waals surface area contributed by atoms with Gasteiger partial charge < -0.3 is 4.74 Å². The topological polar surface area (TPSA) is 63.7 Å². The minimum Gasteiger partial charge on any atom is -0.446 e. The van der Waals surface area contributed by atoms with Crippen LogP contribution in [0.5, 0.6) is 0 Å². The first kappa shape index (κ1) is 10.4. The first-order valence-electron chi connectivity index (χ1n) is 4.72. The van der Waals surface area contributed by atoms with Crippen LogP contribution in [0, 0.1) is 0 Å². The van der Waals surface area contributed by atoms with Gasteiger partial charge in [-0.2, -0.15) is 0 Å². The number of hydrogen-bond acceptors (Lipinski definition) is 4. The predicted molar refractivity (Wildman–Crippen MR) is 53.3 cm³/mol. The third kappa shape index (κ3) is 1.67. The number of ether oxygens (including phenoxy) is 1. The van der Waals surface area contributed by atoms with Crippen LogP contribution < -0.4 is 0 Å². The van der Waals surface area contributed by atoms with Gasteiger partial charge in [0, 0.05) is 5.56 Å². The molecule has 0 radical (unpaired) electrons. The summed E-state index contributed by atoms with van der Waals surface area (Å²) in [7, 11) is 0. The molecule has 1 aromatic rings. The molecule has 0 bridgehead atoms. The summed E-state index contributed by atoms with van der Waals surface area (Å²) in [5, 5.41) is 0. The lowest BCUT2D eigenvalue weighted by molar-refractivity contribution is -0.139. The zero-order chi connectivity index (χ0) is 11.5. The smallest absolute Gasteiger partial charge is 0.294 e. The highest BCUT2D eigenvalue weighted by Gasteiger charge is 2.30. The van der Waals surface area contributed by atoms with Crippen LogP contribution in [0.25, 0.3) is 0 Å². The van der Waals surface area contributed by atoms with E-state index in [0.29, 0.717) is 11.1 Å². The van der Waals surface area contributed by atoms with Crippen LogP contribution in [0.3, 0.4) is 0 Å². The molecule has 0 unspecified atom stereocenters. The number of carbonyl (C=O) groups is 3. The number of benzene rings is 1. The second kappa shape index (κ2) is 4.14. The molecule has 1 aliphatic rings. The van der Waals surface area contributed by atoms with Gasteiger partial charge >= 0.3 is 0 Å². The molecule has 0 aliphatic carbocycles. The largest absolute Gasteiger partial charge is 0.446 e. The molecule has 0 saturated heterocycles. The van der Waals surface area contributed by atoms with E-state index in [4.69, 9.17) is 0 Å². The predicted octanol–water partition coefficient (Wildman–Crippen LogP) is 0.342. The normalized spacial score (nSPS) is 14.6. The van der Waals surface area contributed by atoms with Crippen molar-refractivity contribution in [2.24, 2.45) is 0 Å². The Morgan fingerprint density at radius 2 is 2.06 bits per heavy atom. The van der Waals surface area contributed by atoms with Crippen LogP contribution in [-0.2, 0) is 20.7 Å². The van der Waals surface area contributed by atoms with E-state index >= 15 is 0 Å². The second-order valence-electron chi connectivity index (χ2n) is 3.35. The molecule has 2 rings (SSSR count). The number of fused-ring (bicyclic) bond motifs is 1. The van der Waals surface area contributed by atoms with Crippen LogP contribution in [0.1, 0.15) is 15.9 Å². The van der Waals surface area contributed by atoms with Crippen molar-refractivity contribution >= 4 is 18.3 Å². The van der Waals surface area contributed by atoms with E-state index in [1.807, 2.05) is 0 Å². The molecule has 5 heteroatoms. The maximum atomic E-state index is 11.8. The maximum Gasteiger partial charge on any atom is 0.294 e. The van der Waals surface area contributed by atoms with Crippen LogP contribution >= 0.6 is 0 Å². The molecule has 0 saturated carbocycles. The Labute approximate surface area is 91.6 Å². The summed E-state index contributed by atoms with van der Waals surface area (Å²) in [6.45, 7) is -0.115. The van der Waals surface area contributed by atoms with Gasteiger partial charge in [0.05, 0.1) is 6.42 Å². The molecule has 82 valence electrons. The van der Waals surface area contributed by atoms with Crippen molar-refractivity contribution in [3.8, 4) is 0 Å².